The first-order valence-corrected chi connectivity index (χ1v) is 10.8. The lowest BCUT2D eigenvalue weighted by Gasteiger charge is -2.32. The molecule has 3 aromatic rings. The predicted molar refractivity (Wildman–Crippen MR) is 123 cm³/mol. The van der Waals surface area contributed by atoms with Crippen LogP contribution >= 0.6 is 0 Å². The topological polar surface area (TPSA) is 61.8 Å². The second-order valence-electron chi connectivity index (χ2n) is 8.58. The summed E-state index contributed by atoms with van der Waals surface area (Å²) < 4.78 is 33.6. The number of hydrogen-bond acceptors (Lipinski definition) is 3. The Morgan fingerprint density at radius 2 is 1.82 bits per heavy atom. The molecule has 5 nitrogen and oxygen atoms in total. The number of amides is 2. The molecular formula is C26H26F2N2O3. The van der Waals surface area contributed by atoms with Crippen LogP contribution in [-0.4, -0.2) is 11.1 Å². The highest BCUT2D eigenvalue weighted by Gasteiger charge is 2.27. The van der Waals surface area contributed by atoms with Gasteiger partial charge in [0.15, 0.2) is 0 Å². The minimum absolute atomic E-state index is 0.147. The van der Waals surface area contributed by atoms with Crippen molar-refractivity contribution < 1.29 is 23.4 Å². The molecule has 0 radical (unpaired) electrons. The molecule has 3 aromatic carbocycles. The van der Waals surface area contributed by atoms with Crippen LogP contribution in [0.3, 0.4) is 0 Å². The van der Waals surface area contributed by atoms with Crippen molar-refractivity contribution in [2.45, 2.75) is 45.9 Å². The van der Waals surface area contributed by atoms with Crippen molar-refractivity contribution in [3.05, 3.63) is 88.5 Å². The maximum absolute atomic E-state index is 13.9. The highest BCUT2D eigenvalue weighted by atomic mass is 19.1. The number of urea groups is 1. The number of anilines is 2. The van der Waals surface area contributed by atoms with E-state index in [-0.39, 0.29) is 18.2 Å². The molecule has 1 heterocycles. The van der Waals surface area contributed by atoms with Crippen molar-refractivity contribution in [1.29, 1.82) is 0 Å². The number of halogens is 2. The summed E-state index contributed by atoms with van der Waals surface area (Å²) in [6.07, 6.45) is 0.686. The summed E-state index contributed by atoms with van der Waals surface area (Å²) in [6.45, 7) is 5.44. The van der Waals surface area contributed by atoms with Crippen LogP contribution < -0.4 is 15.0 Å². The molecule has 0 spiro atoms. The molecule has 2 amide bonds. The second-order valence-corrected chi connectivity index (χ2v) is 8.58. The number of ether oxygens (including phenoxy) is 1. The van der Waals surface area contributed by atoms with Crippen molar-refractivity contribution in [1.82, 2.24) is 0 Å². The highest BCUT2D eigenvalue weighted by molar-refractivity contribution is 6.04. The molecule has 0 unspecified atom stereocenters. The van der Waals surface area contributed by atoms with Crippen LogP contribution in [0.4, 0.5) is 25.0 Å². The van der Waals surface area contributed by atoms with Gasteiger partial charge >= 0.3 is 6.03 Å². The monoisotopic (exact) mass is 452 g/mol. The van der Waals surface area contributed by atoms with E-state index in [1.807, 2.05) is 25.1 Å². The largest absolute Gasteiger partial charge is 0.489 e. The molecule has 0 aliphatic carbocycles. The van der Waals surface area contributed by atoms with Gasteiger partial charge in [0.25, 0.3) is 0 Å². The van der Waals surface area contributed by atoms with Crippen molar-refractivity contribution >= 4 is 17.4 Å². The Bertz CT molecular complexity index is 1180. The van der Waals surface area contributed by atoms with Crippen LogP contribution in [0.5, 0.6) is 5.75 Å². The van der Waals surface area contributed by atoms with Gasteiger partial charge in [-0.15, -0.1) is 0 Å². The van der Waals surface area contributed by atoms with Crippen LogP contribution in [0.1, 0.15) is 43.0 Å². The van der Waals surface area contributed by atoms with Crippen molar-refractivity contribution in [3.8, 4) is 5.75 Å². The number of carbonyl (C=O) groups is 1. The molecule has 0 aromatic heterocycles. The minimum atomic E-state index is -1.02. The summed E-state index contributed by atoms with van der Waals surface area (Å²) in [5.41, 5.74) is 2.71. The smallest absolute Gasteiger partial charge is 0.326 e. The van der Waals surface area contributed by atoms with E-state index in [2.05, 4.69) is 5.32 Å². The van der Waals surface area contributed by atoms with E-state index in [1.165, 1.54) is 18.2 Å². The summed E-state index contributed by atoms with van der Waals surface area (Å²) in [6, 6.07) is 14.2. The number of carbonyl (C=O) groups excluding carboxylic acids is 1. The third-order valence-corrected chi connectivity index (χ3v) is 5.80. The second kappa shape index (κ2) is 8.83. The number of hydrogen-bond donors (Lipinski definition) is 2. The fourth-order valence-corrected chi connectivity index (χ4v) is 3.84. The van der Waals surface area contributed by atoms with Crippen molar-refractivity contribution in [2.75, 3.05) is 10.2 Å². The third-order valence-electron chi connectivity index (χ3n) is 5.80. The molecule has 172 valence electrons. The molecule has 0 saturated carbocycles. The molecule has 0 atom stereocenters. The van der Waals surface area contributed by atoms with E-state index in [1.54, 1.807) is 36.9 Å². The molecule has 2 N–H and O–H groups in total. The molecule has 1 aliphatic heterocycles. The molecule has 7 heteroatoms. The van der Waals surface area contributed by atoms with Crippen molar-refractivity contribution in [3.63, 3.8) is 0 Å². The summed E-state index contributed by atoms with van der Waals surface area (Å²) in [4.78, 5) is 14.6. The molecule has 33 heavy (non-hydrogen) atoms. The SMILES string of the molecule is CCc1ccc(OCc2c(F)cccc2F)cc1N1Cc2ccc(C(C)(C)O)cc2NC1=O. The fraction of sp³-hybridized carbons (Fsp3) is 0.269. The van der Waals surface area contributed by atoms with Gasteiger partial charge in [-0.25, -0.2) is 13.6 Å². The van der Waals surface area contributed by atoms with E-state index in [0.29, 0.717) is 35.7 Å². The number of benzene rings is 3. The average molecular weight is 453 g/mol. The van der Waals surface area contributed by atoms with Crippen LogP contribution in [0.2, 0.25) is 0 Å². The lowest BCUT2D eigenvalue weighted by atomic mass is 9.95. The normalized spacial score (nSPS) is 13.5. The predicted octanol–water partition coefficient (Wildman–Crippen LogP) is 5.89. The van der Waals surface area contributed by atoms with Crippen molar-refractivity contribution in [2.24, 2.45) is 0 Å². The number of nitrogens with one attached hydrogen (secondary N) is 1. The summed E-state index contributed by atoms with van der Waals surface area (Å²) in [7, 11) is 0. The van der Waals surface area contributed by atoms with Gasteiger partial charge in [0.1, 0.15) is 24.0 Å². The highest BCUT2D eigenvalue weighted by Crippen LogP contribution is 2.34. The van der Waals surface area contributed by atoms with Crippen LogP contribution in [0.15, 0.2) is 54.6 Å². The Labute approximate surface area is 191 Å². The van der Waals surface area contributed by atoms with E-state index in [9.17, 15) is 18.7 Å². The van der Waals surface area contributed by atoms with Gasteiger partial charge in [-0.2, -0.15) is 0 Å². The average Bonchev–Trinajstić information content (AvgIpc) is 2.77. The summed E-state index contributed by atoms with van der Waals surface area (Å²) in [5.74, 6) is -0.934. The Kier molecular flexibility index (Phi) is 6.08. The molecule has 0 bridgehead atoms. The van der Waals surface area contributed by atoms with E-state index < -0.39 is 17.2 Å². The lowest BCUT2D eigenvalue weighted by Crippen LogP contribution is -2.39. The summed E-state index contributed by atoms with van der Waals surface area (Å²) in [5, 5.41) is 13.2. The zero-order valence-corrected chi connectivity index (χ0v) is 18.8. The van der Waals surface area contributed by atoms with Gasteiger partial charge in [-0.1, -0.05) is 31.2 Å². The molecule has 0 saturated heterocycles. The maximum Gasteiger partial charge on any atom is 0.326 e. The number of aryl methyl sites for hydroxylation is 1. The zero-order chi connectivity index (χ0) is 23.8. The van der Waals surface area contributed by atoms with Gasteiger partial charge in [0.05, 0.1) is 23.4 Å². The first kappa shape index (κ1) is 22.7. The van der Waals surface area contributed by atoms with Crippen LogP contribution in [0, 0.1) is 11.6 Å². The van der Waals surface area contributed by atoms with Gasteiger partial charge < -0.3 is 15.2 Å². The van der Waals surface area contributed by atoms with Gasteiger partial charge in [-0.3, -0.25) is 4.90 Å². The van der Waals surface area contributed by atoms with Crippen LogP contribution in [-0.2, 0) is 25.2 Å². The number of aliphatic hydroxyl groups is 1. The standard InChI is InChI=1S/C26H26F2N2O3/c1-4-16-9-11-19(33-15-20-21(27)6-5-7-22(20)28)13-24(16)30-14-17-8-10-18(26(2,3)32)12-23(17)29-25(30)31/h5-13,32H,4,14-15H2,1-3H3,(H,29,31). The van der Waals surface area contributed by atoms with Gasteiger partial charge in [-0.05, 0) is 61.2 Å². The quantitative estimate of drug-likeness (QED) is 0.491. The number of nitrogens with zero attached hydrogens (tertiary/aromatic N) is 1. The molecular weight excluding hydrogens is 426 g/mol. The molecule has 0 fully saturated rings. The third kappa shape index (κ3) is 4.68. The minimum Gasteiger partial charge on any atom is -0.489 e. The maximum atomic E-state index is 13.9. The van der Waals surface area contributed by atoms with E-state index in [0.717, 1.165) is 11.1 Å². The van der Waals surface area contributed by atoms with Gasteiger partial charge in [0, 0.05) is 11.8 Å². The van der Waals surface area contributed by atoms with Crippen LogP contribution in [0.25, 0.3) is 0 Å². The fourth-order valence-electron chi connectivity index (χ4n) is 3.84. The Morgan fingerprint density at radius 3 is 2.48 bits per heavy atom. The first-order valence-electron chi connectivity index (χ1n) is 10.8. The number of fused-ring (bicyclic) bond motifs is 1. The molecule has 1 aliphatic rings. The Balaban J connectivity index is 1.61. The first-order chi connectivity index (χ1) is 15.7. The van der Waals surface area contributed by atoms with E-state index >= 15 is 0 Å². The number of rotatable bonds is 6. The Hall–Kier alpha value is -3.45. The van der Waals surface area contributed by atoms with Gasteiger partial charge in [0.2, 0.25) is 0 Å². The summed E-state index contributed by atoms with van der Waals surface area (Å²) >= 11 is 0. The Morgan fingerprint density at radius 1 is 1.09 bits per heavy atom. The lowest BCUT2D eigenvalue weighted by molar-refractivity contribution is 0.0786. The molecule has 4 rings (SSSR count). The zero-order valence-electron chi connectivity index (χ0n) is 18.8. The van der Waals surface area contributed by atoms with E-state index in [4.69, 9.17) is 4.74 Å².